The Morgan fingerprint density at radius 1 is 1.12 bits per heavy atom. The van der Waals surface area contributed by atoms with Crippen LogP contribution < -0.4 is 5.32 Å². The first kappa shape index (κ1) is 16.2. The van der Waals surface area contributed by atoms with Gasteiger partial charge in [-0.25, -0.2) is 0 Å². The second-order valence-corrected chi connectivity index (χ2v) is 6.16. The molecule has 26 heavy (non-hydrogen) atoms. The molecule has 1 N–H and O–H groups in total. The molecule has 0 unspecified atom stereocenters. The van der Waals surface area contributed by atoms with Gasteiger partial charge in [0.05, 0.1) is 5.56 Å². The largest absolute Gasteiger partial charge is 0.348 e. The molecule has 0 fully saturated rings. The van der Waals surface area contributed by atoms with Crippen LogP contribution in [0, 0.1) is 0 Å². The zero-order chi connectivity index (χ0) is 17.9. The van der Waals surface area contributed by atoms with Crippen molar-refractivity contribution in [1.82, 2.24) is 24.9 Å². The SMILES string of the molecule is O=C(NCc1cccc(Cl)c1)c1ccc2nnc(-c3cccnc3)n2c1. The Hall–Kier alpha value is -3.25. The monoisotopic (exact) mass is 363 g/mol. The van der Waals surface area contributed by atoms with Crippen molar-refractivity contribution in [3.8, 4) is 11.4 Å². The molecule has 4 aromatic rings. The molecule has 3 heterocycles. The average Bonchev–Trinajstić information content (AvgIpc) is 3.10. The van der Waals surface area contributed by atoms with Crippen LogP contribution in [0.2, 0.25) is 5.02 Å². The molecule has 0 aliphatic rings. The second-order valence-electron chi connectivity index (χ2n) is 5.72. The van der Waals surface area contributed by atoms with Crippen molar-refractivity contribution in [2.24, 2.45) is 0 Å². The number of pyridine rings is 2. The van der Waals surface area contributed by atoms with Crippen LogP contribution in [0.3, 0.4) is 0 Å². The number of nitrogens with one attached hydrogen (secondary N) is 1. The van der Waals surface area contributed by atoms with Gasteiger partial charge < -0.3 is 5.32 Å². The van der Waals surface area contributed by atoms with Gasteiger partial charge in [-0.1, -0.05) is 23.7 Å². The van der Waals surface area contributed by atoms with Crippen LogP contribution in [0.4, 0.5) is 0 Å². The van der Waals surface area contributed by atoms with Gasteiger partial charge in [-0.3, -0.25) is 14.2 Å². The lowest BCUT2D eigenvalue weighted by Gasteiger charge is -2.07. The third-order valence-electron chi connectivity index (χ3n) is 3.93. The molecule has 1 amide bonds. The van der Waals surface area contributed by atoms with E-state index in [2.05, 4.69) is 20.5 Å². The number of aromatic nitrogens is 4. The number of amides is 1. The molecule has 6 nitrogen and oxygen atoms in total. The van der Waals surface area contributed by atoms with E-state index in [-0.39, 0.29) is 5.91 Å². The van der Waals surface area contributed by atoms with Gasteiger partial charge >= 0.3 is 0 Å². The smallest absolute Gasteiger partial charge is 0.253 e. The van der Waals surface area contributed by atoms with Crippen LogP contribution in [-0.2, 0) is 6.54 Å². The molecule has 4 rings (SSSR count). The zero-order valence-electron chi connectivity index (χ0n) is 13.6. The number of hydrogen-bond donors (Lipinski definition) is 1. The number of carbonyl (C=O) groups is 1. The van der Waals surface area contributed by atoms with Crippen molar-refractivity contribution in [2.45, 2.75) is 6.54 Å². The molecule has 3 aromatic heterocycles. The van der Waals surface area contributed by atoms with E-state index in [4.69, 9.17) is 11.6 Å². The summed E-state index contributed by atoms with van der Waals surface area (Å²) in [5.74, 6) is 0.454. The zero-order valence-corrected chi connectivity index (χ0v) is 14.4. The summed E-state index contributed by atoms with van der Waals surface area (Å²) in [6, 6.07) is 14.6. The summed E-state index contributed by atoms with van der Waals surface area (Å²) >= 11 is 5.97. The van der Waals surface area contributed by atoms with Gasteiger partial charge in [0.1, 0.15) is 0 Å². The van der Waals surface area contributed by atoms with Crippen molar-refractivity contribution in [3.63, 3.8) is 0 Å². The van der Waals surface area contributed by atoms with E-state index >= 15 is 0 Å². The van der Waals surface area contributed by atoms with Crippen LogP contribution >= 0.6 is 11.6 Å². The van der Waals surface area contributed by atoms with Gasteiger partial charge in [-0.15, -0.1) is 10.2 Å². The fourth-order valence-corrected chi connectivity index (χ4v) is 2.86. The third-order valence-corrected chi connectivity index (χ3v) is 4.16. The summed E-state index contributed by atoms with van der Waals surface area (Å²) in [7, 11) is 0. The molecule has 0 bridgehead atoms. The Balaban J connectivity index is 1.59. The van der Waals surface area contributed by atoms with E-state index < -0.39 is 0 Å². The van der Waals surface area contributed by atoms with Crippen molar-refractivity contribution < 1.29 is 4.79 Å². The lowest BCUT2D eigenvalue weighted by Crippen LogP contribution is -2.23. The molecule has 1 aromatic carbocycles. The number of hydrogen-bond acceptors (Lipinski definition) is 4. The van der Waals surface area contributed by atoms with Gasteiger partial charge in [0.25, 0.3) is 5.91 Å². The molecule has 0 radical (unpaired) electrons. The van der Waals surface area contributed by atoms with E-state index in [0.29, 0.717) is 28.6 Å². The van der Waals surface area contributed by atoms with Gasteiger partial charge in [0.15, 0.2) is 11.5 Å². The normalized spacial score (nSPS) is 10.8. The molecular formula is C19H14ClN5O. The van der Waals surface area contributed by atoms with Gasteiger partial charge in [0.2, 0.25) is 0 Å². The quantitative estimate of drug-likeness (QED) is 0.603. The van der Waals surface area contributed by atoms with E-state index in [9.17, 15) is 4.79 Å². The first-order valence-electron chi connectivity index (χ1n) is 7.98. The summed E-state index contributed by atoms with van der Waals surface area (Å²) in [5.41, 5.74) is 2.95. The molecule has 128 valence electrons. The Morgan fingerprint density at radius 2 is 2.04 bits per heavy atom. The maximum atomic E-state index is 12.5. The first-order chi connectivity index (χ1) is 12.7. The number of nitrogens with zero attached hydrogens (tertiary/aromatic N) is 4. The maximum Gasteiger partial charge on any atom is 0.253 e. The van der Waals surface area contributed by atoms with Crippen LogP contribution in [0.25, 0.3) is 17.0 Å². The fraction of sp³-hybridized carbons (Fsp3) is 0.0526. The molecule has 0 atom stereocenters. The van der Waals surface area contributed by atoms with E-state index in [1.807, 2.05) is 30.3 Å². The van der Waals surface area contributed by atoms with Crippen LogP contribution in [-0.4, -0.2) is 25.5 Å². The summed E-state index contributed by atoms with van der Waals surface area (Å²) in [5, 5.41) is 11.9. The Labute approximate surface area is 154 Å². The molecular weight excluding hydrogens is 350 g/mol. The molecule has 0 saturated carbocycles. The van der Waals surface area contributed by atoms with E-state index in [1.54, 1.807) is 41.2 Å². The Kier molecular flexibility index (Phi) is 4.33. The van der Waals surface area contributed by atoms with Crippen LogP contribution in [0.15, 0.2) is 67.1 Å². The minimum atomic E-state index is -0.183. The standard InChI is InChI=1S/C19H14ClN5O/c20-16-5-1-3-13(9-16)10-22-19(26)15-6-7-17-23-24-18(25(17)12-15)14-4-2-8-21-11-14/h1-9,11-12H,10H2,(H,22,26). The number of rotatable bonds is 4. The first-order valence-corrected chi connectivity index (χ1v) is 8.36. The molecule has 0 saturated heterocycles. The lowest BCUT2D eigenvalue weighted by atomic mass is 10.2. The number of halogens is 1. The summed E-state index contributed by atoms with van der Waals surface area (Å²) in [4.78, 5) is 16.6. The van der Waals surface area contributed by atoms with Crippen molar-refractivity contribution in [3.05, 3.63) is 83.3 Å². The predicted molar refractivity (Wildman–Crippen MR) is 98.8 cm³/mol. The molecule has 0 spiro atoms. The topological polar surface area (TPSA) is 72.2 Å². The second kappa shape index (κ2) is 6.93. The number of benzene rings is 1. The van der Waals surface area contributed by atoms with Crippen LogP contribution in [0.5, 0.6) is 0 Å². The molecule has 0 aliphatic heterocycles. The van der Waals surface area contributed by atoms with E-state index in [1.165, 1.54) is 0 Å². The van der Waals surface area contributed by atoms with Crippen molar-refractivity contribution in [1.29, 1.82) is 0 Å². The summed E-state index contributed by atoms with van der Waals surface area (Å²) < 4.78 is 1.78. The highest BCUT2D eigenvalue weighted by Crippen LogP contribution is 2.18. The highest BCUT2D eigenvalue weighted by molar-refractivity contribution is 6.30. The van der Waals surface area contributed by atoms with Crippen molar-refractivity contribution in [2.75, 3.05) is 0 Å². The predicted octanol–water partition coefficient (Wildman–Crippen LogP) is 3.37. The van der Waals surface area contributed by atoms with Gasteiger partial charge in [0, 0.05) is 35.7 Å². The molecule has 0 aliphatic carbocycles. The Bertz CT molecular complexity index is 1080. The minimum Gasteiger partial charge on any atom is -0.348 e. The Morgan fingerprint density at radius 3 is 2.85 bits per heavy atom. The van der Waals surface area contributed by atoms with Gasteiger partial charge in [-0.05, 0) is 42.0 Å². The third kappa shape index (κ3) is 3.27. The minimum absolute atomic E-state index is 0.183. The molecule has 7 heteroatoms. The van der Waals surface area contributed by atoms with Crippen LogP contribution in [0.1, 0.15) is 15.9 Å². The summed E-state index contributed by atoms with van der Waals surface area (Å²) in [6.07, 6.45) is 5.13. The highest BCUT2D eigenvalue weighted by atomic mass is 35.5. The van der Waals surface area contributed by atoms with Crippen molar-refractivity contribution >= 4 is 23.2 Å². The van der Waals surface area contributed by atoms with E-state index in [0.717, 1.165) is 11.1 Å². The average molecular weight is 364 g/mol. The summed E-state index contributed by atoms with van der Waals surface area (Å²) in [6.45, 7) is 0.398. The highest BCUT2D eigenvalue weighted by Gasteiger charge is 2.12. The van der Waals surface area contributed by atoms with Gasteiger partial charge in [-0.2, -0.15) is 0 Å². The maximum absolute atomic E-state index is 12.5. The lowest BCUT2D eigenvalue weighted by molar-refractivity contribution is 0.0950. The fourth-order valence-electron chi connectivity index (χ4n) is 2.65. The number of carbonyl (C=O) groups excluding carboxylic acids is 1. The number of fused-ring (bicyclic) bond motifs is 1.